The molecule has 0 N–H and O–H groups in total. The molecule has 1 unspecified atom stereocenters. The summed E-state index contributed by atoms with van der Waals surface area (Å²) in [5.41, 5.74) is 4.33. The Bertz CT molecular complexity index is 512. The fourth-order valence-corrected chi connectivity index (χ4v) is 2.81. The van der Waals surface area contributed by atoms with Crippen LogP contribution in [0.15, 0.2) is 6.07 Å². The number of benzene rings is 1. The quantitative estimate of drug-likeness (QED) is 0.702. The van der Waals surface area contributed by atoms with Crippen LogP contribution in [0.1, 0.15) is 49.2 Å². The number of carbonyl (C=O) groups excluding carboxylic acids is 1. The van der Waals surface area contributed by atoms with Crippen molar-refractivity contribution < 1.29 is 9.53 Å². The summed E-state index contributed by atoms with van der Waals surface area (Å²) >= 11 is 0. The Kier molecular flexibility index (Phi) is 3.04. The summed E-state index contributed by atoms with van der Waals surface area (Å²) in [5.74, 6) is 1.34. The van der Waals surface area contributed by atoms with Crippen LogP contribution >= 0.6 is 0 Å². The number of fused-ring (bicyclic) bond motifs is 1. The van der Waals surface area contributed by atoms with E-state index in [0.29, 0.717) is 0 Å². The van der Waals surface area contributed by atoms with Crippen LogP contribution in [0.3, 0.4) is 0 Å². The fourth-order valence-electron chi connectivity index (χ4n) is 2.81. The zero-order valence-corrected chi connectivity index (χ0v) is 12.2. The zero-order valence-electron chi connectivity index (χ0n) is 12.2. The molecule has 2 nitrogen and oxygen atoms in total. The third-order valence-corrected chi connectivity index (χ3v) is 3.89. The van der Waals surface area contributed by atoms with E-state index in [1.54, 1.807) is 7.11 Å². The summed E-state index contributed by atoms with van der Waals surface area (Å²) in [5, 5.41) is 0. The maximum Gasteiger partial charge on any atom is 0.166 e. The van der Waals surface area contributed by atoms with Gasteiger partial charge < -0.3 is 4.74 Å². The molecule has 96 valence electrons. The molecule has 0 saturated carbocycles. The highest BCUT2D eigenvalue weighted by Gasteiger charge is 2.32. The van der Waals surface area contributed by atoms with Gasteiger partial charge in [-0.05, 0) is 34.5 Å². The minimum Gasteiger partial charge on any atom is -0.497 e. The summed E-state index contributed by atoms with van der Waals surface area (Å²) in [6.45, 7) is 8.46. The summed E-state index contributed by atoms with van der Waals surface area (Å²) in [4.78, 5) is 12.2. The van der Waals surface area contributed by atoms with E-state index >= 15 is 0 Å². The van der Waals surface area contributed by atoms with Crippen LogP contribution in [-0.4, -0.2) is 20.7 Å². The molecule has 0 bridgehead atoms. The number of ketones is 1. The molecule has 0 radical (unpaired) electrons. The molecule has 0 amide bonds. The normalized spacial score (nSPS) is 18.9. The Balaban J connectivity index is 2.73. The van der Waals surface area contributed by atoms with Gasteiger partial charge in [0.2, 0.25) is 0 Å². The molecule has 3 heteroatoms. The highest BCUT2D eigenvalue weighted by atomic mass is 16.5. The lowest BCUT2D eigenvalue weighted by molar-refractivity contribution is 0.0946. The van der Waals surface area contributed by atoms with E-state index in [-0.39, 0.29) is 17.1 Å². The second-order valence-corrected chi connectivity index (χ2v) is 6.33. The smallest absolute Gasteiger partial charge is 0.166 e. The number of carbonyl (C=O) groups is 1. The molecule has 0 aromatic heterocycles. The van der Waals surface area contributed by atoms with Crippen LogP contribution in [0.4, 0.5) is 0 Å². The van der Waals surface area contributed by atoms with E-state index in [1.807, 2.05) is 13.0 Å². The van der Waals surface area contributed by atoms with E-state index < -0.39 is 0 Å². The molecule has 1 aromatic rings. The molecule has 1 aromatic carbocycles. The topological polar surface area (TPSA) is 26.3 Å². The molecule has 2 rings (SSSR count). The van der Waals surface area contributed by atoms with Gasteiger partial charge in [0.1, 0.15) is 13.6 Å². The van der Waals surface area contributed by atoms with Crippen molar-refractivity contribution in [3.05, 3.63) is 22.8 Å². The number of Topliss-reactive ketones (excluding diaryl/α,β-unsaturated/α-hetero) is 1. The average molecular weight is 244 g/mol. The first kappa shape index (κ1) is 13.2. The highest BCUT2D eigenvalue weighted by molar-refractivity contribution is 6.36. The van der Waals surface area contributed by atoms with Crippen molar-refractivity contribution in [1.82, 2.24) is 0 Å². The van der Waals surface area contributed by atoms with Gasteiger partial charge >= 0.3 is 0 Å². The summed E-state index contributed by atoms with van der Waals surface area (Å²) < 4.78 is 5.59. The van der Waals surface area contributed by atoms with Crippen molar-refractivity contribution in [3.8, 4) is 5.75 Å². The molecule has 1 aliphatic carbocycles. The van der Waals surface area contributed by atoms with Crippen molar-refractivity contribution in [2.75, 3.05) is 7.11 Å². The van der Waals surface area contributed by atoms with Gasteiger partial charge in [-0.3, -0.25) is 4.79 Å². The third-order valence-electron chi connectivity index (χ3n) is 3.89. The number of methoxy groups -OCH3 is 1. The number of hydrogen-bond donors (Lipinski definition) is 0. The lowest BCUT2D eigenvalue weighted by atomic mass is 9.78. The molecule has 0 aliphatic heterocycles. The lowest BCUT2D eigenvalue weighted by Gasteiger charge is -2.25. The molecule has 18 heavy (non-hydrogen) atoms. The average Bonchev–Trinajstić information content (AvgIpc) is 2.55. The Labute approximate surface area is 110 Å². The Morgan fingerprint density at radius 1 is 1.39 bits per heavy atom. The van der Waals surface area contributed by atoms with Crippen molar-refractivity contribution in [2.45, 2.75) is 39.5 Å². The van der Waals surface area contributed by atoms with Crippen molar-refractivity contribution in [2.24, 2.45) is 5.92 Å². The summed E-state index contributed by atoms with van der Waals surface area (Å²) in [7, 11) is 3.78. The maximum absolute atomic E-state index is 12.2. The van der Waals surface area contributed by atoms with Crippen molar-refractivity contribution >= 4 is 19.1 Å². The Morgan fingerprint density at radius 2 is 2.00 bits per heavy atom. The van der Waals surface area contributed by atoms with Crippen molar-refractivity contribution in [3.63, 3.8) is 0 Å². The maximum atomic E-state index is 12.2. The largest absolute Gasteiger partial charge is 0.497 e. The van der Waals surface area contributed by atoms with Crippen LogP contribution in [0, 0.1) is 5.92 Å². The van der Waals surface area contributed by atoms with E-state index in [9.17, 15) is 4.79 Å². The molecular weight excluding hydrogens is 223 g/mol. The summed E-state index contributed by atoms with van der Waals surface area (Å²) in [6, 6.07) is 2.05. The van der Waals surface area contributed by atoms with Crippen LogP contribution in [0.5, 0.6) is 5.75 Å². The number of ether oxygens (including phenoxy) is 1. The predicted molar refractivity (Wildman–Crippen MR) is 77.1 cm³/mol. The number of rotatable bonds is 1. The van der Waals surface area contributed by atoms with Gasteiger partial charge in [0.05, 0.1) is 7.11 Å². The van der Waals surface area contributed by atoms with Crippen LogP contribution in [-0.2, 0) is 11.8 Å². The van der Waals surface area contributed by atoms with Gasteiger partial charge in [-0.25, -0.2) is 0 Å². The van der Waals surface area contributed by atoms with Crippen LogP contribution in [0.2, 0.25) is 0 Å². The molecule has 1 atom stereocenters. The summed E-state index contributed by atoms with van der Waals surface area (Å²) in [6.07, 6.45) is 0.848. The molecule has 0 saturated heterocycles. The minimum atomic E-state index is -0.0166. The molecular formula is C15H21BO2. The van der Waals surface area contributed by atoms with E-state index in [2.05, 4.69) is 28.6 Å². The standard InChI is InChI=1S/C15H21BO2/c1-8-6-9-10(13(8)17)7-11(15(2,3)4)14(18-5)12(9)16/h7-8H,6,16H2,1-5H3. The van der Waals surface area contributed by atoms with E-state index in [0.717, 1.165) is 28.8 Å². The zero-order chi connectivity index (χ0) is 13.7. The first-order valence-corrected chi connectivity index (χ1v) is 6.52. The van der Waals surface area contributed by atoms with Gasteiger partial charge in [0.15, 0.2) is 5.78 Å². The fraction of sp³-hybridized carbons (Fsp3) is 0.533. The second kappa shape index (κ2) is 4.15. The second-order valence-electron chi connectivity index (χ2n) is 6.33. The lowest BCUT2D eigenvalue weighted by Crippen LogP contribution is -2.22. The third kappa shape index (κ3) is 1.86. The number of hydrogen-bond acceptors (Lipinski definition) is 2. The SMILES string of the molecule is Bc1c2c(cc(C(C)(C)C)c1OC)C(=O)C(C)C2. The molecule has 0 fully saturated rings. The monoisotopic (exact) mass is 244 g/mol. The van der Waals surface area contributed by atoms with Crippen LogP contribution < -0.4 is 10.2 Å². The van der Waals surface area contributed by atoms with Crippen LogP contribution in [0.25, 0.3) is 0 Å². The Morgan fingerprint density at radius 3 is 2.50 bits per heavy atom. The van der Waals surface area contributed by atoms with Gasteiger partial charge in [0, 0.05) is 11.5 Å². The van der Waals surface area contributed by atoms with Gasteiger partial charge in [-0.1, -0.05) is 27.7 Å². The van der Waals surface area contributed by atoms with E-state index in [4.69, 9.17) is 4.74 Å². The first-order chi connectivity index (χ1) is 8.27. The minimum absolute atomic E-state index is 0.0166. The van der Waals surface area contributed by atoms with Crippen molar-refractivity contribution in [1.29, 1.82) is 0 Å². The predicted octanol–water partition coefficient (Wildman–Crippen LogP) is 1.63. The van der Waals surface area contributed by atoms with Gasteiger partial charge in [0.25, 0.3) is 0 Å². The highest BCUT2D eigenvalue weighted by Crippen LogP contribution is 2.36. The molecule has 1 aliphatic rings. The molecule has 0 spiro atoms. The first-order valence-electron chi connectivity index (χ1n) is 6.52. The molecule has 0 heterocycles. The van der Waals surface area contributed by atoms with Gasteiger partial charge in [-0.15, -0.1) is 0 Å². The van der Waals surface area contributed by atoms with E-state index in [1.165, 1.54) is 5.56 Å². The Hall–Kier alpha value is -1.25. The van der Waals surface area contributed by atoms with Gasteiger partial charge in [-0.2, -0.15) is 0 Å².